The molecule has 2 heterocycles. The number of benzene rings is 2. The van der Waals surface area contributed by atoms with Crippen LogP contribution in [0.15, 0.2) is 54.6 Å². The molecule has 1 unspecified atom stereocenters. The molecule has 3 amide bonds. The summed E-state index contributed by atoms with van der Waals surface area (Å²) in [5.41, 5.74) is -0.580. The molecule has 0 saturated carbocycles. The Labute approximate surface area is 125 Å². The molecule has 0 aliphatic carbocycles. The maximum atomic E-state index is 12.8. The number of ether oxygens (including phenoxy) is 1. The molecule has 2 aromatic carbocycles. The highest BCUT2D eigenvalue weighted by atomic mass is 16.6. The van der Waals surface area contributed by atoms with Crippen LogP contribution in [0.3, 0.4) is 0 Å². The second-order valence-corrected chi connectivity index (χ2v) is 5.01. The number of fused-ring (bicyclic) bond motifs is 2. The maximum absolute atomic E-state index is 12.8. The lowest BCUT2D eigenvalue weighted by Crippen LogP contribution is -2.50. The Morgan fingerprint density at radius 3 is 2.27 bits per heavy atom. The first-order valence-electron chi connectivity index (χ1n) is 6.68. The van der Waals surface area contributed by atoms with Crippen LogP contribution >= 0.6 is 0 Å². The molecular weight excluding hydrogens is 284 g/mol. The van der Waals surface area contributed by atoms with E-state index in [4.69, 9.17) is 4.74 Å². The molecule has 1 saturated heterocycles. The average molecular weight is 294 g/mol. The third-order valence-corrected chi connectivity index (χ3v) is 3.82. The molecule has 0 aromatic heterocycles. The minimum absolute atomic E-state index is 0.344. The Morgan fingerprint density at radius 1 is 0.909 bits per heavy atom. The van der Waals surface area contributed by atoms with E-state index in [1.807, 2.05) is 0 Å². The molecule has 1 N–H and O–H groups in total. The van der Waals surface area contributed by atoms with Crippen molar-refractivity contribution in [1.29, 1.82) is 0 Å². The zero-order valence-corrected chi connectivity index (χ0v) is 11.3. The summed E-state index contributed by atoms with van der Waals surface area (Å²) in [6.45, 7) is 0. The molecule has 0 radical (unpaired) electrons. The monoisotopic (exact) mass is 294 g/mol. The van der Waals surface area contributed by atoms with Crippen molar-refractivity contribution in [2.45, 2.75) is 5.72 Å². The van der Waals surface area contributed by atoms with E-state index in [9.17, 15) is 14.4 Å². The van der Waals surface area contributed by atoms with Gasteiger partial charge in [-0.25, -0.2) is 4.79 Å². The molecule has 1 atom stereocenters. The summed E-state index contributed by atoms with van der Waals surface area (Å²) in [5, 5.41) is 2.12. The third kappa shape index (κ3) is 1.41. The van der Waals surface area contributed by atoms with Gasteiger partial charge in [0, 0.05) is 16.8 Å². The van der Waals surface area contributed by atoms with E-state index in [1.54, 1.807) is 54.6 Å². The summed E-state index contributed by atoms with van der Waals surface area (Å²) < 4.78 is 5.29. The van der Waals surface area contributed by atoms with Crippen LogP contribution in [0.25, 0.3) is 0 Å². The first-order chi connectivity index (χ1) is 10.6. The summed E-state index contributed by atoms with van der Waals surface area (Å²) >= 11 is 0. The van der Waals surface area contributed by atoms with Crippen molar-refractivity contribution in [2.75, 3.05) is 4.90 Å². The highest BCUT2D eigenvalue weighted by molar-refractivity contribution is 6.20. The Bertz CT molecular complexity index is 818. The molecule has 1 spiro atoms. The zero-order valence-electron chi connectivity index (χ0n) is 11.3. The van der Waals surface area contributed by atoms with Gasteiger partial charge in [-0.15, -0.1) is 0 Å². The van der Waals surface area contributed by atoms with Crippen molar-refractivity contribution in [3.63, 3.8) is 0 Å². The van der Waals surface area contributed by atoms with Crippen molar-refractivity contribution in [2.24, 2.45) is 0 Å². The van der Waals surface area contributed by atoms with Gasteiger partial charge < -0.3 is 4.74 Å². The van der Waals surface area contributed by atoms with Crippen LogP contribution in [0.2, 0.25) is 0 Å². The quantitative estimate of drug-likeness (QED) is 0.869. The molecule has 2 aromatic rings. The summed E-state index contributed by atoms with van der Waals surface area (Å²) in [5.74, 6) is -1.05. The highest BCUT2D eigenvalue weighted by Crippen LogP contribution is 2.45. The van der Waals surface area contributed by atoms with E-state index < -0.39 is 17.7 Å². The molecule has 108 valence electrons. The lowest BCUT2D eigenvalue weighted by atomic mass is 10.0. The first kappa shape index (κ1) is 12.6. The first-order valence-corrected chi connectivity index (χ1v) is 6.68. The van der Waals surface area contributed by atoms with Crippen LogP contribution in [-0.4, -0.2) is 17.9 Å². The Hall–Kier alpha value is -3.15. The fraction of sp³-hybridized carbons (Fsp3) is 0.0625. The van der Waals surface area contributed by atoms with E-state index in [1.165, 1.54) is 4.90 Å². The second kappa shape index (κ2) is 4.17. The van der Waals surface area contributed by atoms with Crippen molar-refractivity contribution in [3.8, 4) is 0 Å². The van der Waals surface area contributed by atoms with Crippen LogP contribution in [0, 0.1) is 0 Å². The van der Waals surface area contributed by atoms with Crippen LogP contribution < -0.4 is 10.2 Å². The fourth-order valence-corrected chi connectivity index (χ4v) is 2.93. The largest absolute Gasteiger partial charge is 0.416 e. The minimum atomic E-state index is -1.77. The predicted molar refractivity (Wildman–Crippen MR) is 76.0 cm³/mol. The van der Waals surface area contributed by atoms with Crippen LogP contribution in [-0.2, 0) is 15.3 Å². The van der Waals surface area contributed by atoms with Crippen molar-refractivity contribution < 1.29 is 19.1 Å². The topological polar surface area (TPSA) is 75.7 Å². The molecule has 1 fully saturated rings. The number of carbonyl (C=O) groups is 3. The zero-order chi connectivity index (χ0) is 15.3. The number of hydrogen-bond donors (Lipinski definition) is 1. The number of imide groups is 1. The average Bonchev–Trinajstić information content (AvgIpc) is 2.96. The van der Waals surface area contributed by atoms with E-state index in [0.29, 0.717) is 16.8 Å². The molecule has 6 nitrogen and oxygen atoms in total. The molecule has 6 heteroatoms. The number of para-hydroxylation sites is 1. The number of anilines is 1. The second-order valence-electron chi connectivity index (χ2n) is 5.01. The van der Waals surface area contributed by atoms with Crippen LogP contribution in [0.5, 0.6) is 0 Å². The van der Waals surface area contributed by atoms with Gasteiger partial charge in [0.25, 0.3) is 5.91 Å². The maximum Gasteiger partial charge on any atom is 0.416 e. The highest BCUT2D eigenvalue weighted by Gasteiger charge is 2.63. The lowest BCUT2D eigenvalue weighted by Gasteiger charge is -2.30. The van der Waals surface area contributed by atoms with Gasteiger partial charge in [0.15, 0.2) is 0 Å². The summed E-state index contributed by atoms with van der Waals surface area (Å²) in [7, 11) is 0. The number of nitrogens with one attached hydrogen (secondary N) is 1. The SMILES string of the molecule is O=C1NC(=O)C2(O1)c1ccccc1C(=O)N2c1ccccc1. The van der Waals surface area contributed by atoms with E-state index in [-0.39, 0.29) is 5.91 Å². The van der Waals surface area contributed by atoms with E-state index in [0.717, 1.165) is 0 Å². The van der Waals surface area contributed by atoms with Gasteiger partial charge in [0.2, 0.25) is 0 Å². The summed E-state index contributed by atoms with van der Waals surface area (Å²) in [6, 6.07) is 15.3. The standard InChI is InChI=1S/C16H10N2O4/c19-13-11-8-4-5-9-12(11)16(14(20)17-15(21)22-16)18(13)10-6-2-1-3-7-10/h1-9H,(H,17,20,21). The van der Waals surface area contributed by atoms with Gasteiger partial charge >= 0.3 is 17.7 Å². The van der Waals surface area contributed by atoms with Gasteiger partial charge in [0.1, 0.15) is 0 Å². The van der Waals surface area contributed by atoms with Gasteiger partial charge in [-0.1, -0.05) is 36.4 Å². The number of rotatable bonds is 1. The van der Waals surface area contributed by atoms with E-state index in [2.05, 4.69) is 5.32 Å². The number of carbonyl (C=O) groups excluding carboxylic acids is 3. The Balaban J connectivity index is 2.01. The molecule has 0 bridgehead atoms. The predicted octanol–water partition coefficient (Wildman–Crippen LogP) is 1.77. The Morgan fingerprint density at radius 2 is 1.59 bits per heavy atom. The molecule has 2 aliphatic rings. The molecular formula is C16H10N2O4. The molecule has 2 aliphatic heterocycles. The Kier molecular flexibility index (Phi) is 2.39. The number of hydrogen-bond acceptors (Lipinski definition) is 4. The van der Waals surface area contributed by atoms with Crippen molar-refractivity contribution in [3.05, 3.63) is 65.7 Å². The van der Waals surface area contributed by atoms with Crippen molar-refractivity contribution >= 4 is 23.6 Å². The van der Waals surface area contributed by atoms with E-state index >= 15 is 0 Å². The third-order valence-electron chi connectivity index (χ3n) is 3.82. The van der Waals surface area contributed by atoms with Crippen LogP contribution in [0.1, 0.15) is 15.9 Å². The summed E-state index contributed by atoms with van der Waals surface area (Å²) in [6.07, 6.45) is -0.865. The molecule has 22 heavy (non-hydrogen) atoms. The number of alkyl carbamates (subject to hydrolysis) is 1. The lowest BCUT2D eigenvalue weighted by molar-refractivity contribution is -0.131. The normalized spacial score (nSPS) is 22.7. The summed E-state index contributed by atoms with van der Waals surface area (Å²) in [4.78, 5) is 38.1. The fourth-order valence-electron chi connectivity index (χ4n) is 2.93. The number of nitrogens with zero attached hydrogens (tertiary/aromatic N) is 1. The minimum Gasteiger partial charge on any atom is -0.408 e. The van der Waals surface area contributed by atoms with Gasteiger partial charge in [-0.05, 0) is 18.2 Å². The van der Waals surface area contributed by atoms with Gasteiger partial charge in [-0.3, -0.25) is 19.8 Å². The number of amides is 3. The van der Waals surface area contributed by atoms with Gasteiger partial charge in [0.05, 0.1) is 0 Å². The van der Waals surface area contributed by atoms with Gasteiger partial charge in [-0.2, -0.15) is 0 Å². The molecule has 4 rings (SSSR count). The van der Waals surface area contributed by atoms with Crippen molar-refractivity contribution in [1.82, 2.24) is 5.32 Å². The van der Waals surface area contributed by atoms with Crippen LogP contribution in [0.4, 0.5) is 10.5 Å². The smallest absolute Gasteiger partial charge is 0.408 e.